The Morgan fingerprint density at radius 1 is 1.38 bits per heavy atom. The number of anilines is 1. The summed E-state index contributed by atoms with van der Waals surface area (Å²) in [6, 6.07) is 6.29. The molecule has 26 heavy (non-hydrogen) atoms. The summed E-state index contributed by atoms with van der Waals surface area (Å²) in [5.74, 6) is 0.403. The highest BCUT2D eigenvalue weighted by atomic mass is 32.1. The highest BCUT2D eigenvalue weighted by Crippen LogP contribution is 2.33. The van der Waals surface area contributed by atoms with E-state index in [1.807, 2.05) is 4.90 Å². The molecule has 0 radical (unpaired) electrons. The summed E-state index contributed by atoms with van der Waals surface area (Å²) in [5.41, 5.74) is 2.27. The van der Waals surface area contributed by atoms with E-state index in [9.17, 15) is 9.59 Å². The molecule has 6 nitrogen and oxygen atoms in total. The van der Waals surface area contributed by atoms with Crippen molar-refractivity contribution in [2.24, 2.45) is 5.92 Å². The van der Waals surface area contributed by atoms with Gasteiger partial charge in [0.15, 0.2) is 5.13 Å². The Balaban J connectivity index is 1.21. The van der Waals surface area contributed by atoms with Gasteiger partial charge in [0.25, 0.3) is 0 Å². The minimum Gasteiger partial charge on any atom is -0.356 e. The lowest BCUT2D eigenvalue weighted by molar-refractivity contribution is -0.127. The standard InChI is InChI=1S/C19H24N4O2S/c1-13-5-6-15-16(10-13)26-19(21-15)23-11-14(12-23)18(25)20-7-3-9-22-8-2-4-17(22)24/h5-6,10,14H,2-4,7-9,11-12H2,1H3,(H,20,25). The van der Waals surface area contributed by atoms with Gasteiger partial charge in [-0.05, 0) is 37.5 Å². The van der Waals surface area contributed by atoms with E-state index in [4.69, 9.17) is 0 Å². The highest BCUT2D eigenvalue weighted by molar-refractivity contribution is 7.22. The summed E-state index contributed by atoms with van der Waals surface area (Å²) in [4.78, 5) is 32.5. The van der Waals surface area contributed by atoms with Gasteiger partial charge >= 0.3 is 0 Å². The molecule has 0 spiro atoms. The van der Waals surface area contributed by atoms with E-state index in [0.29, 0.717) is 13.0 Å². The van der Waals surface area contributed by atoms with Crippen LogP contribution in [-0.4, -0.2) is 54.4 Å². The molecule has 2 aliphatic heterocycles. The van der Waals surface area contributed by atoms with Gasteiger partial charge in [0.2, 0.25) is 11.8 Å². The van der Waals surface area contributed by atoms with Crippen molar-refractivity contribution < 1.29 is 9.59 Å². The molecule has 0 saturated carbocycles. The van der Waals surface area contributed by atoms with Crippen molar-refractivity contribution in [1.82, 2.24) is 15.2 Å². The molecule has 1 N–H and O–H groups in total. The summed E-state index contributed by atoms with van der Waals surface area (Å²) in [6.07, 6.45) is 2.47. The topological polar surface area (TPSA) is 65.5 Å². The first-order valence-electron chi connectivity index (χ1n) is 9.28. The lowest BCUT2D eigenvalue weighted by atomic mass is 10.00. The SMILES string of the molecule is Cc1ccc2nc(N3CC(C(=O)NCCCN4CCCC4=O)C3)sc2c1. The van der Waals surface area contributed by atoms with Gasteiger partial charge in [-0.1, -0.05) is 17.4 Å². The minimum absolute atomic E-state index is 0.0390. The van der Waals surface area contributed by atoms with Crippen molar-refractivity contribution in [3.63, 3.8) is 0 Å². The quantitative estimate of drug-likeness (QED) is 0.790. The predicted molar refractivity (Wildman–Crippen MR) is 104 cm³/mol. The molecule has 2 aromatic rings. The van der Waals surface area contributed by atoms with Gasteiger partial charge in [0.1, 0.15) is 0 Å². The first-order chi connectivity index (χ1) is 12.6. The first-order valence-corrected chi connectivity index (χ1v) is 10.1. The molecule has 2 fully saturated rings. The second-order valence-corrected chi connectivity index (χ2v) is 8.21. The molecule has 2 aliphatic rings. The van der Waals surface area contributed by atoms with Gasteiger partial charge in [-0.25, -0.2) is 4.98 Å². The average Bonchev–Trinajstić information content (AvgIpc) is 3.16. The zero-order valence-electron chi connectivity index (χ0n) is 15.0. The molecule has 7 heteroatoms. The molecule has 1 aromatic carbocycles. The molecule has 0 bridgehead atoms. The Labute approximate surface area is 157 Å². The fourth-order valence-electron chi connectivity index (χ4n) is 3.52. The third kappa shape index (κ3) is 3.53. The summed E-state index contributed by atoms with van der Waals surface area (Å²) < 4.78 is 1.20. The molecule has 0 aliphatic carbocycles. The van der Waals surface area contributed by atoms with Crippen LogP contribution in [0.2, 0.25) is 0 Å². The van der Waals surface area contributed by atoms with Crippen LogP contribution >= 0.6 is 11.3 Å². The summed E-state index contributed by atoms with van der Waals surface area (Å²) in [6.45, 7) is 5.81. The fraction of sp³-hybridized carbons (Fsp3) is 0.526. The second kappa shape index (κ2) is 7.23. The van der Waals surface area contributed by atoms with Crippen LogP contribution in [-0.2, 0) is 9.59 Å². The van der Waals surface area contributed by atoms with Gasteiger partial charge < -0.3 is 15.1 Å². The number of likely N-dealkylation sites (tertiary alicyclic amines) is 1. The lowest BCUT2D eigenvalue weighted by Gasteiger charge is -2.38. The van der Waals surface area contributed by atoms with Crippen LogP contribution in [0, 0.1) is 12.8 Å². The Morgan fingerprint density at radius 3 is 3.00 bits per heavy atom. The van der Waals surface area contributed by atoms with Crippen molar-refractivity contribution >= 4 is 38.5 Å². The first kappa shape index (κ1) is 17.3. The monoisotopic (exact) mass is 372 g/mol. The molecule has 0 atom stereocenters. The zero-order chi connectivity index (χ0) is 18.1. The number of carbonyl (C=O) groups excluding carboxylic acids is 2. The molecule has 2 amide bonds. The number of rotatable bonds is 6. The van der Waals surface area contributed by atoms with Crippen molar-refractivity contribution in [3.8, 4) is 0 Å². The van der Waals surface area contributed by atoms with Gasteiger partial charge in [0.05, 0.1) is 16.1 Å². The third-order valence-corrected chi connectivity index (χ3v) is 6.21. The fourth-order valence-corrected chi connectivity index (χ4v) is 4.60. The molecule has 4 rings (SSSR count). The van der Waals surface area contributed by atoms with Crippen LogP contribution in [0.5, 0.6) is 0 Å². The summed E-state index contributed by atoms with van der Waals surface area (Å²) in [7, 11) is 0. The number of aromatic nitrogens is 1. The molecular weight excluding hydrogens is 348 g/mol. The predicted octanol–water partition coefficient (Wildman–Crippen LogP) is 2.17. The van der Waals surface area contributed by atoms with E-state index in [1.54, 1.807) is 11.3 Å². The van der Waals surface area contributed by atoms with Gasteiger partial charge in [-0.2, -0.15) is 0 Å². The molecule has 1 aromatic heterocycles. The second-order valence-electron chi connectivity index (χ2n) is 7.20. The Bertz CT molecular complexity index is 828. The van der Waals surface area contributed by atoms with E-state index >= 15 is 0 Å². The lowest BCUT2D eigenvalue weighted by Crippen LogP contribution is -2.54. The smallest absolute Gasteiger partial charge is 0.226 e. The molecule has 0 unspecified atom stereocenters. The highest BCUT2D eigenvalue weighted by Gasteiger charge is 2.34. The number of aryl methyl sites for hydroxylation is 1. The zero-order valence-corrected chi connectivity index (χ0v) is 15.8. The van der Waals surface area contributed by atoms with E-state index < -0.39 is 0 Å². The maximum atomic E-state index is 12.2. The number of hydrogen-bond acceptors (Lipinski definition) is 5. The van der Waals surface area contributed by atoms with Crippen LogP contribution in [0.15, 0.2) is 18.2 Å². The van der Waals surface area contributed by atoms with Crippen molar-refractivity contribution in [2.75, 3.05) is 37.6 Å². The number of thiazole rings is 1. The molecule has 138 valence electrons. The van der Waals surface area contributed by atoms with Gasteiger partial charge in [-0.15, -0.1) is 0 Å². The molecule has 3 heterocycles. The average molecular weight is 372 g/mol. The van der Waals surface area contributed by atoms with Crippen molar-refractivity contribution in [2.45, 2.75) is 26.2 Å². The Morgan fingerprint density at radius 2 is 2.23 bits per heavy atom. The number of benzene rings is 1. The largest absolute Gasteiger partial charge is 0.356 e. The number of hydrogen-bond donors (Lipinski definition) is 1. The summed E-state index contributed by atoms with van der Waals surface area (Å²) in [5, 5.41) is 4.01. The number of amides is 2. The maximum absolute atomic E-state index is 12.2. The third-order valence-electron chi connectivity index (χ3n) is 5.13. The van der Waals surface area contributed by atoms with Gasteiger partial charge in [-0.3, -0.25) is 9.59 Å². The van der Waals surface area contributed by atoms with E-state index in [2.05, 4.69) is 40.3 Å². The van der Waals surface area contributed by atoms with E-state index in [-0.39, 0.29) is 17.7 Å². The minimum atomic E-state index is 0.0390. The summed E-state index contributed by atoms with van der Waals surface area (Å²) >= 11 is 1.69. The van der Waals surface area contributed by atoms with Crippen LogP contribution in [0.4, 0.5) is 5.13 Å². The Hall–Kier alpha value is -2.15. The van der Waals surface area contributed by atoms with E-state index in [1.165, 1.54) is 10.3 Å². The Kier molecular flexibility index (Phi) is 4.80. The number of nitrogens with zero attached hydrogens (tertiary/aromatic N) is 3. The maximum Gasteiger partial charge on any atom is 0.226 e. The molecular formula is C19H24N4O2S. The van der Waals surface area contributed by atoms with Crippen LogP contribution in [0.3, 0.4) is 0 Å². The number of nitrogens with one attached hydrogen (secondary N) is 1. The van der Waals surface area contributed by atoms with Crippen molar-refractivity contribution in [3.05, 3.63) is 23.8 Å². The van der Waals surface area contributed by atoms with Crippen molar-refractivity contribution in [1.29, 1.82) is 0 Å². The normalized spacial score (nSPS) is 17.8. The van der Waals surface area contributed by atoms with Gasteiger partial charge in [0, 0.05) is 39.1 Å². The van der Waals surface area contributed by atoms with Crippen LogP contribution in [0.25, 0.3) is 10.2 Å². The number of fused-ring (bicyclic) bond motifs is 1. The van der Waals surface area contributed by atoms with Crippen LogP contribution in [0.1, 0.15) is 24.8 Å². The number of carbonyl (C=O) groups is 2. The van der Waals surface area contributed by atoms with E-state index in [0.717, 1.165) is 49.7 Å². The van der Waals surface area contributed by atoms with Crippen LogP contribution < -0.4 is 10.2 Å². The molecule has 2 saturated heterocycles.